The zero-order valence-corrected chi connectivity index (χ0v) is 21.0. The lowest BCUT2D eigenvalue weighted by atomic mass is 10.0. The van der Waals surface area contributed by atoms with Gasteiger partial charge >= 0.3 is 0 Å². The van der Waals surface area contributed by atoms with E-state index in [1.165, 1.54) is 46.8 Å². The summed E-state index contributed by atoms with van der Waals surface area (Å²) in [5.41, 5.74) is 5.58. The number of carbonyl (C=O) groups is 1. The molecule has 174 valence electrons. The zero-order valence-electron chi connectivity index (χ0n) is 19.4. The zero-order chi connectivity index (χ0) is 23.8. The maximum atomic E-state index is 13.4. The van der Waals surface area contributed by atoms with Crippen LogP contribution in [0, 0.1) is 20.8 Å². The number of aryl methyl sites for hydroxylation is 2. The number of rotatable bonds is 6. The average molecular weight is 484 g/mol. The minimum Gasteiger partial charge on any atom is -0.371 e. The number of benzene rings is 2. The van der Waals surface area contributed by atoms with Crippen LogP contribution in [0.25, 0.3) is 0 Å². The SMILES string of the molecule is Cc1cc(C)c(N2CCCC2)c(C)c1NC(=O)c1sccc1N(C)S(=O)(=O)c1ccccc1. The van der Waals surface area contributed by atoms with Crippen molar-refractivity contribution in [3.8, 4) is 0 Å². The molecule has 1 saturated heterocycles. The molecule has 0 saturated carbocycles. The number of amides is 1. The summed E-state index contributed by atoms with van der Waals surface area (Å²) in [6, 6.07) is 12.0. The fraction of sp³-hybridized carbons (Fsp3) is 0.320. The Morgan fingerprint density at radius 3 is 2.36 bits per heavy atom. The first-order valence-electron chi connectivity index (χ1n) is 11.0. The van der Waals surface area contributed by atoms with Crippen molar-refractivity contribution in [2.45, 2.75) is 38.5 Å². The van der Waals surface area contributed by atoms with Crippen LogP contribution in [-0.2, 0) is 10.0 Å². The van der Waals surface area contributed by atoms with E-state index in [-0.39, 0.29) is 10.8 Å². The van der Waals surface area contributed by atoms with E-state index >= 15 is 0 Å². The molecule has 1 N–H and O–H groups in total. The van der Waals surface area contributed by atoms with Gasteiger partial charge < -0.3 is 10.2 Å². The molecule has 4 rings (SSSR count). The Bertz CT molecular complexity index is 1280. The Morgan fingerprint density at radius 1 is 1.03 bits per heavy atom. The molecule has 1 aliphatic heterocycles. The summed E-state index contributed by atoms with van der Waals surface area (Å²) in [6.07, 6.45) is 2.35. The van der Waals surface area contributed by atoms with Crippen LogP contribution in [0.3, 0.4) is 0 Å². The molecule has 3 aromatic rings. The summed E-state index contributed by atoms with van der Waals surface area (Å²) in [5.74, 6) is -0.308. The molecule has 2 aromatic carbocycles. The van der Waals surface area contributed by atoms with Gasteiger partial charge in [0.1, 0.15) is 4.88 Å². The van der Waals surface area contributed by atoms with Crippen LogP contribution < -0.4 is 14.5 Å². The summed E-state index contributed by atoms with van der Waals surface area (Å²) in [6.45, 7) is 8.19. The first-order valence-corrected chi connectivity index (χ1v) is 13.3. The highest BCUT2D eigenvalue weighted by atomic mass is 32.2. The van der Waals surface area contributed by atoms with Crippen LogP contribution in [-0.4, -0.2) is 34.5 Å². The van der Waals surface area contributed by atoms with Crippen molar-refractivity contribution >= 4 is 44.3 Å². The van der Waals surface area contributed by atoms with Crippen LogP contribution in [0.15, 0.2) is 52.7 Å². The molecule has 0 bridgehead atoms. The fourth-order valence-electron chi connectivity index (χ4n) is 4.57. The molecule has 0 spiro atoms. The molecule has 0 atom stereocenters. The predicted molar refractivity (Wildman–Crippen MR) is 136 cm³/mol. The van der Waals surface area contributed by atoms with Crippen molar-refractivity contribution in [1.29, 1.82) is 0 Å². The largest absolute Gasteiger partial charge is 0.371 e. The Labute approximate surface area is 199 Å². The van der Waals surface area contributed by atoms with Gasteiger partial charge in [0, 0.05) is 31.5 Å². The molecule has 1 aliphatic rings. The van der Waals surface area contributed by atoms with Crippen molar-refractivity contribution in [2.24, 2.45) is 0 Å². The number of thiophene rings is 1. The topological polar surface area (TPSA) is 69.7 Å². The molecule has 8 heteroatoms. The van der Waals surface area contributed by atoms with Gasteiger partial charge in [-0.2, -0.15) is 0 Å². The number of nitrogens with zero attached hydrogens (tertiary/aromatic N) is 2. The minimum atomic E-state index is -3.78. The van der Waals surface area contributed by atoms with Gasteiger partial charge in [0.25, 0.3) is 15.9 Å². The maximum absolute atomic E-state index is 13.4. The lowest BCUT2D eigenvalue weighted by Crippen LogP contribution is -2.28. The van der Waals surface area contributed by atoms with Crippen molar-refractivity contribution in [3.05, 3.63) is 69.4 Å². The Hall–Kier alpha value is -2.84. The number of hydrogen-bond acceptors (Lipinski definition) is 5. The van der Waals surface area contributed by atoms with E-state index in [0.29, 0.717) is 10.6 Å². The van der Waals surface area contributed by atoms with Gasteiger partial charge in [-0.25, -0.2) is 8.42 Å². The summed E-state index contributed by atoms with van der Waals surface area (Å²) >= 11 is 1.23. The molecule has 6 nitrogen and oxygen atoms in total. The van der Waals surface area contributed by atoms with Crippen molar-refractivity contribution in [2.75, 3.05) is 34.7 Å². The van der Waals surface area contributed by atoms with E-state index in [0.717, 1.165) is 29.9 Å². The van der Waals surface area contributed by atoms with Crippen LogP contribution in [0.4, 0.5) is 17.1 Å². The molecule has 1 aromatic heterocycles. The number of anilines is 3. The minimum absolute atomic E-state index is 0.186. The van der Waals surface area contributed by atoms with Crippen molar-refractivity contribution < 1.29 is 13.2 Å². The molecular formula is C25H29N3O3S2. The van der Waals surface area contributed by atoms with E-state index in [2.05, 4.69) is 23.2 Å². The maximum Gasteiger partial charge on any atom is 0.267 e. The highest BCUT2D eigenvalue weighted by molar-refractivity contribution is 7.92. The van der Waals surface area contributed by atoms with Gasteiger partial charge in [-0.15, -0.1) is 11.3 Å². The molecule has 0 aliphatic carbocycles. The normalized spacial score (nSPS) is 13.9. The smallest absolute Gasteiger partial charge is 0.267 e. The second-order valence-electron chi connectivity index (χ2n) is 8.43. The second-order valence-corrected chi connectivity index (χ2v) is 11.3. The molecule has 1 fully saturated rings. The number of carbonyl (C=O) groups excluding carboxylic acids is 1. The highest BCUT2D eigenvalue weighted by Crippen LogP contribution is 2.37. The third kappa shape index (κ3) is 4.37. The van der Waals surface area contributed by atoms with E-state index in [9.17, 15) is 13.2 Å². The van der Waals surface area contributed by atoms with Gasteiger partial charge in [0.2, 0.25) is 0 Å². The summed E-state index contributed by atoms with van der Waals surface area (Å²) in [5, 5.41) is 4.82. The Balaban J connectivity index is 1.65. The fourth-order valence-corrected chi connectivity index (χ4v) is 6.67. The highest BCUT2D eigenvalue weighted by Gasteiger charge is 2.27. The molecule has 0 unspecified atom stereocenters. The average Bonchev–Trinajstić information content (AvgIpc) is 3.49. The van der Waals surface area contributed by atoms with Crippen LogP contribution >= 0.6 is 11.3 Å². The number of sulfonamides is 1. The molecule has 1 amide bonds. The predicted octanol–water partition coefficient (Wildman–Crippen LogP) is 5.35. The monoisotopic (exact) mass is 483 g/mol. The Morgan fingerprint density at radius 2 is 1.70 bits per heavy atom. The third-order valence-corrected chi connectivity index (χ3v) is 8.87. The van der Waals surface area contributed by atoms with Gasteiger partial charge in [-0.05, 0) is 73.9 Å². The number of nitrogens with one attached hydrogen (secondary N) is 1. The molecular weight excluding hydrogens is 454 g/mol. The molecule has 33 heavy (non-hydrogen) atoms. The standard InChI is InChI=1S/C25H29N3O3S2/c1-17-16-18(2)23(28-13-8-9-14-28)19(3)22(17)26-25(29)24-21(12-15-32-24)27(4)33(30,31)20-10-6-5-7-11-20/h5-7,10-12,15-16H,8-9,13-14H2,1-4H3,(H,26,29). The third-order valence-electron chi connectivity index (χ3n) is 6.18. The lowest BCUT2D eigenvalue weighted by molar-refractivity contribution is 0.103. The van der Waals surface area contributed by atoms with E-state index in [1.807, 2.05) is 13.8 Å². The lowest BCUT2D eigenvalue weighted by Gasteiger charge is -2.26. The van der Waals surface area contributed by atoms with E-state index < -0.39 is 10.0 Å². The second kappa shape index (κ2) is 9.19. The Kier molecular flexibility index (Phi) is 6.50. The van der Waals surface area contributed by atoms with Gasteiger partial charge in [0.15, 0.2) is 0 Å². The van der Waals surface area contributed by atoms with Crippen LogP contribution in [0.2, 0.25) is 0 Å². The first kappa shape index (κ1) is 23.3. The quantitative estimate of drug-likeness (QED) is 0.513. The van der Waals surface area contributed by atoms with E-state index in [1.54, 1.807) is 41.8 Å². The summed E-state index contributed by atoms with van der Waals surface area (Å²) in [4.78, 5) is 16.3. The van der Waals surface area contributed by atoms with Crippen LogP contribution in [0.5, 0.6) is 0 Å². The van der Waals surface area contributed by atoms with Gasteiger partial charge in [-0.3, -0.25) is 9.10 Å². The number of hydrogen-bond donors (Lipinski definition) is 1. The summed E-state index contributed by atoms with van der Waals surface area (Å²) in [7, 11) is -2.30. The first-order chi connectivity index (χ1) is 15.7. The summed E-state index contributed by atoms with van der Waals surface area (Å²) < 4.78 is 27.4. The van der Waals surface area contributed by atoms with Gasteiger partial charge in [-0.1, -0.05) is 24.3 Å². The van der Waals surface area contributed by atoms with E-state index in [4.69, 9.17) is 0 Å². The molecule has 2 heterocycles. The van der Waals surface area contributed by atoms with Crippen LogP contribution in [0.1, 0.15) is 39.2 Å². The van der Waals surface area contributed by atoms with Crippen molar-refractivity contribution in [1.82, 2.24) is 0 Å². The van der Waals surface area contributed by atoms with Gasteiger partial charge in [0.05, 0.1) is 10.6 Å². The molecule has 0 radical (unpaired) electrons. The van der Waals surface area contributed by atoms with Crippen molar-refractivity contribution in [3.63, 3.8) is 0 Å².